The Hall–Kier alpha value is -1.57. The third kappa shape index (κ3) is 7.13. The number of aliphatic hydroxyl groups is 1. The van der Waals surface area contributed by atoms with Crippen molar-refractivity contribution < 1.29 is 9.84 Å². The summed E-state index contributed by atoms with van der Waals surface area (Å²) in [5.41, 5.74) is 1.45. The number of rotatable bonds is 10. The third-order valence-electron chi connectivity index (χ3n) is 2.99. The predicted molar refractivity (Wildman–Crippen MR) is 80.6 cm³/mol. The molecule has 0 aliphatic rings. The van der Waals surface area contributed by atoms with Crippen LogP contribution < -0.4 is 5.32 Å². The molecule has 0 bridgehead atoms. The molecule has 1 atom stereocenters. The van der Waals surface area contributed by atoms with Crippen LogP contribution in [0.3, 0.4) is 0 Å². The number of unbranched alkanes of at least 4 members (excludes halogenated alkanes) is 3. The van der Waals surface area contributed by atoms with Gasteiger partial charge in [0.05, 0.1) is 24.3 Å². The SMILES string of the molecule is CCCCCCOCC(O)CNc1cccc(C#N)c1. The zero-order chi connectivity index (χ0) is 14.6. The number of aliphatic hydroxyl groups excluding tert-OH is 1. The second-order valence-corrected chi connectivity index (χ2v) is 4.86. The minimum atomic E-state index is -0.535. The average Bonchev–Trinajstić information content (AvgIpc) is 2.49. The highest BCUT2D eigenvalue weighted by Gasteiger charge is 2.04. The number of nitrogens with zero attached hydrogens (tertiary/aromatic N) is 1. The lowest BCUT2D eigenvalue weighted by atomic mass is 10.2. The van der Waals surface area contributed by atoms with Crippen LogP contribution in [0.1, 0.15) is 38.2 Å². The van der Waals surface area contributed by atoms with E-state index in [2.05, 4.69) is 18.3 Å². The highest BCUT2D eigenvalue weighted by molar-refractivity contribution is 5.49. The van der Waals surface area contributed by atoms with Crippen LogP contribution in [-0.2, 0) is 4.74 Å². The van der Waals surface area contributed by atoms with Crippen LogP contribution in [0.15, 0.2) is 24.3 Å². The van der Waals surface area contributed by atoms with Gasteiger partial charge in [-0.25, -0.2) is 0 Å². The first-order valence-electron chi connectivity index (χ1n) is 7.26. The lowest BCUT2D eigenvalue weighted by molar-refractivity contribution is 0.0417. The average molecular weight is 276 g/mol. The van der Waals surface area contributed by atoms with Gasteiger partial charge in [0.1, 0.15) is 0 Å². The van der Waals surface area contributed by atoms with Gasteiger partial charge in [-0.15, -0.1) is 0 Å². The van der Waals surface area contributed by atoms with Gasteiger partial charge in [0.15, 0.2) is 0 Å². The minimum Gasteiger partial charge on any atom is -0.389 e. The summed E-state index contributed by atoms with van der Waals surface area (Å²) in [4.78, 5) is 0. The Labute approximate surface area is 121 Å². The summed E-state index contributed by atoms with van der Waals surface area (Å²) in [6.07, 6.45) is 4.16. The predicted octanol–water partition coefficient (Wildman–Crippen LogP) is 2.93. The smallest absolute Gasteiger partial charge is 0.0992 e. The number of nitriles is 1. The molecule has 0 saturated carbocycles. The van der Waals surface area contributed by atoms with Crippen LogP contribution in [0.4, 0.5) is 5.69 Å². The van der Waals surface area contributed by atoms with Gasteiger partial charge in [-0.05, 0) is 24.6 Å². The van der Waals surface area contributed by atoms with E-state index in [0.717, 1.165) is 12.1 Å². The number of nitrogens with one attached hydrogen (secondary N) is 1. The largest absolute Gasteiger partial charge is 0.389 e. The molecule has 0 heterocycles. The van der Waals surface area contributed by atoms with E-state index in [-0.39, 0.29) is 0 Å². The number of ether oxygens (including phenoxy) is 1. The van der Waals surface area contributed by atoms with Crippen LogP contribution in [0, 0.1) is 11.3 Å². The number of anilines is 1. The molecule has 110 valence electrons. The van der Waals surface area contributed by atoms with Gasteiger partial charge in [-0.2, -0.15) is 5.26 Å². The lowest BCUT2D eigenvalue weighted by Crippen LogP contribution is -2.25. The molecule has 4 nitrogen and oxygen atoms in total. The quantitative estimate of drug-likeness (QED) is 0.645. The molecule has 0 aromatic heterocycles. The van der Waals surface area contributed by atoms with Gasteiger partial charge in [0.2, 0.25) is 0 Å². The molecule has 1 rings (SSSR count). The fourth-order valence-electron chi connectivity index (χ4n) is 1.84. The standard InChI is InChI=1S/C16H24N2O2/c1-2-3-4-5-9-20-13-16(19)12-18-15-8-6-7-14(10-15)11-17/h6-8,10,16,18-19H,2-5,9,12-13H2,1H3. The van der Waals surface area contributed by atoms with Crippen molar-refractivity contribution in [1.82, 2.24) is 0 Å². The molecular formula is C16H24N2O2. The maximum Gasteiger partial charge on any atom is 0.0992 e. The molecule has 1 unspecified atom stereocenters. The second-order valence-electron chi connectivity index (χ2n) is 4.86. The highest BCUT2D eigenvalue weighted by Crippen LogP contribution is 2.09. The number of hydrogen-bond donors (Lipinski definition) is 2. The van der Waals surface area contributed by atoms with E-state index in [1.807, 2.05) is 12.1 Å². The maximum atomic E-state index is 9.79. The topological polar surface area (TPSA) is 65.3 Å². The monoisotopic (exact) mass is 276 g/mol. The van der Waals surface area contributed by atoms with E-state index in [0.29, 0.717) is 25.3 Å². The number of hydrogen-bond acceptors (Lipinski definition) is 4. The summed E-state index contributed by atoms with van der Waals surface area (Å²) < 4.78 is 5.43. The van der Waals surface area contributed by atoms with Crippen molar-refractivity contribution in [3.8, 4) is 6.07 Å². The van der Waals surface area contributed by atoms with Gasteiger partial charge in [-0.1, -0.05) is 32.3 Å². The molecule has 0 aliphatic carbocycles. The molecular weight excluding hydrogens is 252 g/mol. The van der Waals surface area contributed by atoms with Crippen LogP contribution in [0.25, 0.3) is 0 Å². The fourth-order valence-corrected chi connectivity index (χ4v) is 1.84. The van der Waals surface area contributed by atoms with E-state index in [9.17, 15) is 5.11 Å². The van der Waals surface area contributed by atoms with E-state index >= 15 is 0 Å². The fraction of sp³-hybridized carbons (Fsp3) is 0.562. The third-order valence-corrected chi connectivity index (χ3v) is 2.99. The Kier molecular flexibility index (Phi) is 8.44. The first kappa shape index (κ1) is 16.5. The van der Waals surface area contributed by atoms with Gasteiger partial charge < -0.3 is 15.2 Å². The van der Waals surface area contributed by atoms with Crippen molar-refractivity contribution in [2.45, 2.75) is 38.7 Å². The summed E-state index contributed by atoms with van der Waals surface area (Å²) in [6.45, 7) is 3.65. The Bertz CT molecular complexity index is 415. The highest BCUT2D eigenvalue weighted by atomic mass is 16.5. The van der Waals surface area contributed by atoms with Crippen molar-refractivity contribution in [3.63, 3.8) is 0 Å². The van der Waals surface area contributed by atoms with Crippen molar-refractivity contribution in [2.75, 3.05) is 25.1 Å². The molecule has 0 radical (unpaired) electrons. The molecule has 20 heavy (non-hydrogen) atoms. The summed E-state index contributed by atoms with van der Waals surface area (Å²) >= 11 is 0. The summed E-state index contributed by atoms with van der Waals surface area (Å²) in [6, 6.07) is 9.29. The van der Waals surface area contributed by atoms with Crippen molar-refractivity contribution in [2.24, 2.45) is 0 Å². The Balaban J connectivity index is 2.13. The van der Waals surface area contributed by atoms with E-state index in [1.165, 1.54) is 19.3 Å². The first-order chi connectivity index (χ1) is 9.76. The molecule has 0 saturated heterocycles. The zero-order valence-electron chi connectivity index (χ0n) is 12.1. The Morgan fingerprint density at radius 3 is 2.95 bits per heavy atom. The van der Waals surface area contributed by atoms with Crippen LogP contribution in [0.2, 0.25) is 0 Å². The van der Waals surface area contributed by atoms with Crippen molar-refractivity contribution in [3.05, 3.63) is 29.8 Å². The summed E-state index contributed by atoms with van der Waals surface area (Å²) in [5, 5.41) is 21.7. The van der Waals surface area contributed by atoms with Crippen LogP contribution in [-0.4, -0.2) is 31.0 Å². The molecule has 0 fully saturated rings. The minimum absolute atomic E-state index is 0.344. The van der Waals surface area contributed by atoms with Gasteiger partial charge in [-0.3, -0.25) is 0 Å². The van der Waals surface area contributed by atoms with E-state index < -0.39 is 6.10 Å². The lowest BCUT2D eigenvalue weighted by Gasteiger charge is -2.13. The molecule has 1 aromatic rings. The Morgan fingerprint density at radius 1 is 1.35 bits per heavy atom. The van der Waals surface area contributed by atoms with E-state index in [4.69, 9.17) is 10.00 Å². The number of benzene rings is 1. The molecule has 0 spiro atoms. The zero-order valence-corrected chi connectivity index (χ0v) is 12.1. The van der Waals surface area contributed by atoms with Crippen LogP contribution >= 0.6 is 0 Å². The Morgan fingerprint density at radius 2 is 2.20 bits per heavy atom. The normalized spacial score (nSPS) is 11.8. The van der Waals surface area contributed by atoms with Gasteiger partial charge >= 0.3 is 0 Å². The van der Waals surface area contributed by atoms with Gasteiger partial charge in [0, 0.05) is 18.8 Å². The first-order valence-corrected chi connectivity index (χ1v) is 7.26. The molecule has 0 amide bonds. The van der Waals surface area contributed by atoms with Crippen molar-refractivity contribution in [1.29, 1.82) is 5.26 Å². The van der Waals surface area contributed by atoms with Gasteiger partial charge in [0.25, 0.3) is 0 Å². The van der Waals surface area contributed by atoms with E-state index in [1.54, 1.807) is 12.1 Å². The second kappa shape index (κ2) is 10.2. The molecule has 1 aromatic carbocycles. The molecule has 2 N–H and O–H groups in total. The van der Waals surface area contributed by atoms with Crippen LogP contribution in [0.5, 0.6) is 0 Å². The molecule has 0 aliphatic heterocycles. The molecule has 4 heteroatoms. The summed E-state index contributed by atoms with van der Waals surface area (Å²) in [5.74, 6) is 0. The maximum absolute atomic E-state index is 9.79. The van der Waals surface area contributed by atoms with Crippen molar-refractivity contribution >= 4 is 5.69 Å². The summed E-state index contributed by atoms with van der Waals surface area (Å²) in [7, 11) is 0.